The van der Waals surface area contributed by atoms with Crippen LogP contribution < -0.4 is 4.74 Å². The fraction of sp³-hybridized carbons (Fsp3) is 0.200. The van der Waals surface area contributed by atoms with Gasteiger partial charge in [0, 0.05) is 66.5 Å². The van der Waals surface area contributed by atoms with E-state index in [1.54, 1.807) is 31.3 Å². The zero-order chi connectivity index (χ0) is 22.7. The molecule has 4 rings (SSSR count). The van der Waals surface area contributed by atoms with Crippen molar-refractivity contribution in [2.75, 3.05) is 20.5 Å². The normalized spacial score (nSPS) is 10.8. The summed E-state index contributed by atoms with van der Waals surface area (Å²) in [6, 6.07) is 15.6. The number of nitriles is 1. The summed E-state index contributed by atoms with van der Waals surface area (Å²) in [5, 5.41) is 10.9. The zero-order valence-electron chi connectivity index (χ0n) is 18.2. The van der Waals surface area contributed by atoms with E-state index in [-0.39, 0.29) is 13.4 Å². The summed E-state index contributed by atoms with van der Waals surface area (Å²) in [6.45, 7) is 2.01. The van der Waals surface area contributed by atoms with E-state index in [1.807, 2.05) is 46.8 Å². The lowest BCUT2D eigenvalue weighted by molar-refractivity contribution is 0.0438. The number of esters is 1. The van der Waals surface area contributed by atoms with Crippen molar-refractivity contribution < 1.29 is 19.0 Å². The quantitative estimate of drug-likeness (QED) is 0.315. The smallest absolute Gasteiger partial charge is 0.341 e. The van der Waals surface area contributed by atoms with Crippen LogP contribution >= 0.6 is 0 Å². The van der Waals surface area contributed by atoms with Crippen LogP contribution in [-0.2, 0) is 16.5 Å². The molecule has 7 heteroatoms. The molecule has 0 N–H and O–H groups in total. The molecule has 0 saturated heterocycles. The van der Waals surface area contributed by atoms with Crippen LogP contribution in [0.5, 0.6) is 5.75 Å². The number of rotatable bonds is 7. The Hall–Kier alpha value is -4.02. The Morgan fingerprint density at radius 3 is 2.66 bits per heavy atom. The van der Waals surface area contributed by atoms with Gasteiger partial charge in [-0.05, 0) is 25.1 Å². The Morgan fingerprint density at radius 2 is 1.91 bits per heavy atom. The van der Waals surface area contributed by atoms with Crippen molar-refractivity contribution in [2.45, 2.75) is 6.92 Å². The van der Waals surface area contributed by atoms with Gasteiger partial charge in [-0.25, -0.2) is 4.79 Å². The van der Waals surface area contributed by atoms with Crippen molar-refractivity contribution in [3.05, 3.63) is 72.2 Å². The number of carbonyl (C=O) groups excluding carboxylic acids is 1. The van der Waals surface area contributed by atoms with Gasteiger partial charge >= 0.3 is 5.97 Å². The number of aryl methyl sites for hydroxylation is 1. The van der Waals surface area contributed by atoms with Gasteiger partial charge in [0.05, 0.1) is 12.2 Å². The van der Waals surface area contributed by atoms with E-state index >= 15 is 0 Å². The first-order chi connectivity index (χ1) is 15.6. The van der Waals surface area contributed by atoms with Crippen LogP contribution in [0.25, 0.3) is 27.7 Å². The lowest BCUT2D eigenvalue weighted by atomic mass is 10.0. The third kappa shape index (κ3) is 3.84. The number of aromatic nitrogens is 2. The number of nitrogens with zero attached hydrogens (tertiary/aromatic N) is 3. The van der Waals surface area contributed by atoms with Crippen LogP contribution in [0.3, 0.4) is 0 Å². The average molecular weight is 429 g/mol. The summed E-state index contributed by atoms with van der Waals surface area (Å²) in [4.78, 5) is 12.3. The van der Waals surface area contributed by atoms with E-state index in [0.717, 1.165) is 27.7 Å². The van der Waals surface area contributed by atoms with Crippen molar-refractivity contribution in [1.82, 2.24) is 9.13 Å². The van der Waals surface area contributed by atoms with Crippen LogP contribution in [0.1, 0.15) is 22.8 Å². The van der Waals surface area contributed by atoms with Gasteiger partial charge in [0.15, 0.2) is 6.79 Å². The molecule has 0 saturated carbocycles. The molecule has 2 aromatic heterocycles. The minimum absolute atomic E-state index is 0.00770. The van der Waals surface area contributed by atoms with Crippen LogP contribution in [-0.4, -0.2) is 35.6 Å². The molecule has 2 aromatic carbocycles. The molecule has 7 nitrogen and oxygen atoms in total. The third-order valence-electron chi connectivity index (χ3n) is 5.23. The van der Waals surface area contributed by atoms with Gasteiger partial charge in [-0.15, -0.1) is 0 Å². The number of methoxy groups -OCH3 is 1. The fourth-order valence-electron chi connectivity index (χ4n) is 3.75. The minimum Gasteiger partial charge on any atom is -0.467 e. The first-order valence-corrected chi connectivity index (χ1v) is 10.2. The summed E-state index contributed by atoms with van der Waals surface area (Å²) >= 11 is 0. The van der Waals surface area contributed by atoms with E-state index < -0.39 is 5.97 Å². The predicted molar refractivity (Wildman–Crippen MR) is 121 cm³/mol. The predicted octanol–water partition coefficient (Wildman–Crippen LogP) is 4.67. The monoisotopic (exact) mass is 429 g/mol. The van der Waals surface area contributed by atoms with Crippen LogP contribution in [0.4, 0.5) is 0 Å². The van der Waals surface area contributed by atoms with Crippen molar-refractivity contribution in [3.8, 4) is 28.6 Å². The number of para-hydroxylation sites is 1. The summed E-state index contributed by atoms with van der Waals surface area (Å²) in [5.41, 5.74) is 4.51. The fourth-order valence-corrected chi connectivity index (χ4v) is 3.75. The highest BCUT2D eigenvalue weighted by Crippen LogP contribution is 2.34. The molecular formula is C25H23N3O4. The van der Waals surface area contributed by atoms with E-state index in [1.165, 1.54) is 7.11 Å². The Morgan fingerprint density at radius 1 is 1.09 bits per heavy atom. The summed E-state index contributed by atoms with van der Waals surface area (Å²) in [6.07, 6.45) is 5.72. The summed E-state index contributed by atoms with van der Waals surface area (Å²) < 4.78 is 19.6. The first-order valence-electron chi connectivity index (χ1n) is 10.2. The Balaban J connectivity index is 1.80. The van der Waals surface area contributed by atoms with Crippen molar-refractivity contribution in [1.29, 1.82) is 5.26 Å². The van der Waals surface area contributed by atoms with Crippen molar-refractivity contribution in [2.24, 2.45) is 7.05 Å². The van der Waals surface area contributed by atoms with Crippen molar-refractivity contribution >= 4 is 16.9 Å². The molecule has 0 atom stereocenters. The molecule has 162 valence electrons. The number of hydrogen-bond acceptors (Lipinski definition) is 5. The molecule has 0 bridgehead atoms. The van der Waals surface area contributed by atoms with Gasteiger partial charge in [-0.3, -0.25) is 0 Å². The molecule has 0 unspecified atom stereocenters. The Labute approximate surface area is 186 Å². The number of ether oxygens (including phenoxy) is 3. The maximum Gasteiger partial charge on any atom is 0.341 e. The van der Waals surface area contributed by atoms with Crippen LogP contribution in [0, 0.1) is 11.3 Å². The van der Waals surface area contributed by atoms with Gasteiger partial charge in [-0.2, -0.15) is 5.26 Å². The average Bonchev–Trinajstić information content (AvgIpc) is 3.39. The first kappa shape index (κ1) is 21.2. The van der Waals surface area contributed by atoms with E-state index in [9.17, 15) is 10.1 Å². The van der Waals surface area contributed by atoms with E-state index in [4.69, 9.17) is 14.2 Å². The summed E-state index contributed by atoms with van der Waals surface area (Å²) in [5.74, 6) is -0.117. The molecule has 0 aliphatic rings. The molecule has 32 heavy (non-hydrogen) atoms. The number of carbonyl (C=O) groups is 1. The van der Waals surface area contributed by atoms with Crippen molar-refractivity contribution in [3.63, 3.8) is 0 Å². The molecule has 2 heterocycles. The highest BCUT2D eigenvalue weighted by Gasteiger charge is 2.18. The lowest BCUT2D eigenvalue weighted by Crippen LogP contribution is -2.10. The van der Waals surface area contributed by atoms with Gasteiger partial charge in [0.25, 0.3) is 0 Å². The molecule has 0 radical (unpaired) electrons. The lowest BCUT2D eigenvalue weighted by Gasteiger charge is -2.12. The van der Waals surface area contributed by atoms with Crippen LogP contribution in [0.15, 0.2) is 61.1 Å². The Kier molecular flexibility index (Phi) is 5.97. The van der Waals surface area contributed by atoms with Gasteiger partial charge in [-0.1, -0.05) is 18.2 Å². The van der Waals surface area contributed by atoms with E-state index in [2.05, 4.69) is 12.1 Å². The highest BCUT2D eigenvalue weighted by molar-refractivity contribution is 5.97. The third-order valence-corrected chi connectivity index (χ3v) is 5.23. The maximum atomic E-state index is 12.3. The molecule has 0 aliphatic carbocycles. The van der Waals surface area contributed by atoms with Gasteiger partial charge in [0.1, 0.15) is 17.4 Å². The van der Waals surface area contributed by atoms with Gasteiger partial charge in [0.2, 0.25) is 0 Å². The molecular weight excluding hydrogens is 406 g/mol. The second-order valence-corrected chi connectivity index (χ2v) is 7.23. The highest BCUT2D eigenvalue weighted by atomic mass is 16.7. The minimum atomic E-state index is -0.466. The topological polar surface area (TPSA) is 78.4 Å². The molecule has 0 aliphatic heterocycles. The number of hydrogen-bond donors (Lipinski definition) is 0. The van der Waals surface area contributed by atoms with Gasteiger partial charge < -0.3 is 23.3 Å². The van der Waals surface area contributed by atoms with Crippen LogP contribution in [0.2, 0.25) is 0 Å². The summed E-state index contributed by atoms with van der Waals surface area (Å²) in [7, 11) is 3.50. The van der Waals surface area contributed by atoms with E-state index in [0.29, 0.717) is 16.9 Å². The Bertz CT molecular complexity index is 1330. The second-order valence-electron chi connectivity index (χ2n) is 7.23. The SMILES string of the molecule is CCOC(=O)c1ccc(-n2cc(C#N)c(-c3cn(C)c4ccccc34)c2)cc1OCOC. The largest absolute Gasteiger partial charge is 0.467 e. The molecule has 4 aromatic rings. The molecule has 0 fully saturated rings. The number of fused-ring (bicyclic) bond motifs is 1. The molecule has 0 spiro atoms. The second kappa shape index (κ2) is 9.00. The zero-order valence-corrected chi connectivity index (χ0v) is 18.2. The maximum absolute atomic E-state index is 12.3. The molecule has 0 amide bonds. The standard InChI is InChI=1S/C25H23N3O4/c1-4-31-25(29)20-10-9-18(11-24(20)32-16-30-3)28-13-17(12-26)21(15-28)22-14-27(2)23-8-6-5-7-19(22)23/h5-11,13-15H,4,16H2,1-3H3. The number of benzene rings is 2.